The Kier molecular flexibility index (Phi) is 2.55. The van der Waals surface area contributed by atoms with Gasteiger partial charge in [-0.05, 0) is 12.8 Å². The smallest absolute Gasteiger partial charge is 0.405 e. The fourth-order valence-corrected chi connectivity index (χ4v) is 1.38. The molecule has 5 nitrogen and oxygen atoms in total. The van der Waals surface area contributed by atoms with E-state index in [-0.39, 0.29) is 0 Å². The van der Waals surface area contributed by atoms with Gasteiger partial charge in [-0.3, -0.25) is 0 Å². The van der Waals surface area contributed by atoms with Crippen LogP contribution in [0.5, 0.6) is 0 Å². The quantitative estimate of drug-likeness (QED) is 0.485. The van der Waals surface area contributed by atoms with Gasteiger partial charge < -0.3 is 15.2 Å². The van der Waals surface area contributed by atoms with Crippen molar-refractivity contribution in [2.24, 2.45) is 0 Å². The van der Waals surface area contributed by atoms with Gasteiger partial charge in [-0.1, -0.05) is 12.2 Å². The van der Waals surface area contributed by atoms with Crippen molar-refractivity contribution in [1.29, 1.82) is 0 Å². The van der Waals surface area contributed by atoms with E-state index in [1.807, 2.05) is 0 Å². The normalized spacial score (nSPS) is 25.6. The summed E-state index contributed by atoms with van der Waals surface area (Å²) >= 11 is 0. The van der Waals surface area contributed by atoms with Crippen LogP contribution in [0.3, 0.4) is 0 Å². The van der Waals surface area contributed by atoms with E-state index < -0.39 is 17.6 Å². The monoisotopic (exact) mass is 185 g/mol. The van der Waals surface area contributed by atoms with Gasteiger partial charge in [0.1, 0.15) is 0 Å². The topological polar surface area (TPSA) is 75.6 Å². The van der Waals surface area contributed by atoms with E-state index in [1.165, 1.54) is 13.2 Å². The fraction of sp³-hybridized carbons (Fsp3) is 0.500. The molecule has 1 unspecified atom stereocenters. The third-order valence-corrected chi connectivity index (χ3v) is 1.99. The van der Waals surface area contributed by atoms with Crippen molar-refractivity contribution >= 4 is 12.1 Å². The summed E-state index contributed by atoms with van der Waals surface area (Å²) in [6, 6.07) is 0. The second-order valence-electron chi connectivity index (χ2n) is 2.83. The van der Waals surface area contributed by atoms with E-state index in [0.29, 0.717) is 12.8 Å². The lowest BCUT2D eigenvalue weighted by atomic mass is 10.00. The zero-order chi connectivity index (χ0) is 9.90. The number of methoxy groups -OCH3 is 1. The minimum absolute atomic E-state index is 0.423. The molecular formula is C8H11NO4. The Bertz CT molecular complexity index is 261. The predicted octanol–water partition coefficient (Wildman–Crippen LogP) is 0.516. The second kappa shape index (κ2) is 3.47. The van der Waals surface area contributed by atoms with Gasteiger partial charge in [0.05, 0.1) is 7.11 Å². The Hall–Kier alpha value is -1.52. The maximum Gasteiger partial charge on any atom is 0.405 e. The van der Waals surface area contributed by atoms with Crippen LogP contribution in [-0.4, -0.2) is 29.8 Å². The molecule has 1 aliphatic rings. The van der Waals surface area contributed by atoms with Crippen LogP contribution in [0.25, 0.3) is 0 Å². The van der Waals surface area contributed by atoms with Gasteiger partial charge in [0, 0.05) is 0 Å². The van der Waals surface area contributed by atoms with Gasteiger partial charge in [-0.15, -0.1) is 0 Å². The number of hydrogen-bond acceptors (Lipinski definition) is 3. The molecule has 1 aliphatic carbocycles. The highest BCUT2D eigenvalue weighted by Gasteiger charge is 2.40. The van der Waals surface area contributed by atoms with Crippen LogP contribution >= 0.6 is 0 Å². The number of carbonyl (C=O) groups is 2. The number of esters is 1. The Morgan fingerprint density at radius 2 is 2.31 bits per heavy atom. The second-order valence-corrected chi connectivity index (χ2v) is 2.83. The van der Waals surface area contributed by atoms with E-state index in [1.54, 1.807) is 6.08 Å². The molecule has 13 heavy (non-hydrogen) atoms. The van der Waals surface area contributed by atoms with Crippen molar-refractivity contribution in [3.63, 3.8) is 0 Å². The molecule has 0 radical (unpaired) electrons. The third kappa shape index (κ3) is 1.80. The lowest BCUT2D eigenvalue weighted by Crippen LogP contribution is -2.51. The molecular weight excluding hydrogens is 174 g/mol. The van der Waals surface area contributed by atoms with Crippen LogP contribution in [0.4, 0.5) is 4.79 Å². The molecule has 2 N–H and O–H groups in total. The maximum absolute atomic E-state index is 11.3. The molecule has 0 aromatic carbocycles. The molecule has 0 bridgehead atoms. The SMILES string of the molecule is COC(=O)C1(NC(=O)O)C=CCC1. The van der Waals surface area contributed by atoms with Crippen LogP contribution in [0, 0.1) is 0 Å². The molecule has 1 rings (SSSR count). The highest BCUT2D eigenvalue weighted by atomic mass is 16.5. The number of amides is 1. The number of allylic oxidation sites excluding steroid dienone is 1. The van der Waals surface area contributed by atoms with Crippen molar-refractivity contribution in [2.45, 2.75) is 18.4 Å². The van der Waals surface area contributed by atoms with Crippen molar-refractivity contribution in [1.82, 2.24) is 5.32 Å². The number of rotatable bonds is 2. The number of carboxylic acid groups (broad SMARTS) is 1. The molecule has 0 saturated heterocycles. The lowest BCUT2D eigenvalue weighted by Gasteiger charge is -2.23. The first-order valence-electron chi connectivity index (χ1n) is 3.88. The van der Waals surface area contributed by atoms with Crippen LogP contribution < -0.4 is 5.32 Å². The van der Waals surface area contributed by atoms with Gasteiger partial charge in [0.15, 0.2) is 5.54 Å². The number of nitrogens with one attached hydrogen (secondary N) is 1. The Labute approximate surface area is 75.4 Å². The average molecular weight is 185 g/mol. The molecule has 0 aromatic rings. The fourth-order valence-electron chi connectivity index (χ4n) is 1.38. The predicted molar refractivity (Wildman–Crippen MR) is 44.3 cm³/mol. The lowest BCUT2D eigenvalue weighted by molar-refractivity contribution is -0.146. The molecule has 0 aliphatic heterocycles. The molecule has 5 heteroatoms. The summed E-state index contributed by atoms with van der Waals surface area (Å²) in [5.74, 6) is -0.566. The first-order valence-corrected chi connectivity index (χ1v) is 3.88. The summed E-state index contributed by atoms with van der Waals surface area (Å²) in [4.78, 5) is 21.7. The zero-order valence-corrected chi connectivity index (χ0v) is 7.24. The van der Waals surface area contributed by atoms with Crippen molar-refractivity contribution in [3.05, 3.63) is 12.2 Å². The van der Waals surface area contributed by atoms with Gasteiger partial charge in [0.25, 0.3) is 0 Å². The number of carbonyl (C=O) groups excluding carboxylic acids is 1. The molecule has 0 heterocycles. The Morgan fingerprint density at radius 1 is 1.62 bits per heavy atom. The molecule has 72 valence electrons. The Morgan fingerprint density at radius 3 is 2.69 bits per heavy atom. The van der Waals surface area contributed by atoms with E-state index in [2.05, 4.69) is 10.1 Å². The number of hydrogen-bond donors (Lipinski definition) is 2. The minimum atomic E-state index is -1.23. The van der Waals surface area contributed by atoms with Crippen molar-refractivity contribution in [3.8, 4) is 0 Å². The average Bonchev–Trinajstić information content (AvgIpc) is 2.51. The third-order valence-electron chi connectivity index (χ3n) is 1.99. The molecule has 1 amide bonds. The molecule has 0 saturated carbocycles. The highest BCUT2D eigenvalue weighted by molar-refractivity contribution is 5.88. The summed E-state index contributed by atoms with van der Waals surface area (Å²) < 4.78 is 4.52. The zero-order valence-electron chi connectivity index (χ0n) is 7.24. The van der Waals surface area contributed by atoms with Gasteiger partial charge in [-0.2, -0.15) is 0 Å². The summed E-state index contributed by atoms with van der Waals surface area (Å²) in [6.07, 6.45) is 3.17. The van der Waals surface area contributed by atoms with Crippen LogP contribution in [-0.2, 0) is 9.53 Å². The van der Waals surface area contributed by atoms with Crippen molar-refractivity contribution < 1.29 is 19.4 Å². The van der Waals surface area contributed by atoms with Crippen LogP contribution in [0.2, 0.25) is 0 Å². The van der Waals surface area contributed by atoms with Crippen molar-refractivity contribution in [2.75, 3.05) is 7.11 Å². The number of ether oxygens (including phenoxy) is 1. The van der Waals surface area contributed by atoms with E-state index in [0.717, 1.165) is 0 Å². The maximum atomic E-state index is 11.3. The first kappa shape index (κ1) is 9.57. The van der Waals surface area contributed by atoms with E-state index in [9.17, 15) is 9.59 Å². The van der Waals surface area contributed by atoms with Gasteiger partial charge in [0.2, 0.25) is 0 Å². The largest absolute Gasteiger partial charge is 0.467 e. The van der Waals surface area contributed by atoms with E-state index >= 15 is 0 Å². The highest BCUT2D eigenvalue weighted by Crippen LogP contribution is 2.23. The molecule has 0 aromatic heterocycles. The van der Waals surface area contributed by atoms with E-state index in [4.69, 9.17) is 5.11 Å². The minimum Gasteiger partial charge on any atom is -0.467 e. The first-order chi connectivity index (χ1) is 6.10. The summed E-state index contributed by atoms with van der Waals surface area (Å²) in [6.45, 7) is 0. The van der Waals surface area contributed by atoms with Crippen LogP contribution in [0.15, 0.2) is 12.2 Å². The van der Waals surface area contributed by atoms with Crippen LogP contribution in [0.1, 0.15) is 12.8 Å². The van der Waals surface area contributed by atoms with Gasteiger partial charge in [-0.25, -0.2) is 9.59 Å². The summed E-state index contributed by atoms with van der Waals surface area (Å²) in [7, 11) is 1.24. The summed E-state index contributed by atoms with van der Waals surface area (Å²) in [5, 5.41) is 10.7. The molecule has 0 fully saturated rings. The van der Waals surface area contributed by atoms with Gasteiger partial charge >= 0.3 is 12.1 Å². The molecule has 0 spiro atoms. The Balaban J connectivity index is 2.81. The summed E-state index contributed by atoms with van der Waals surface area (Å²) in [5.41, 5.74) is -1.17. The molecule has 1 atom stereocenters. The standard InChI is InChI=1S/C8H11NO4/c1-13-6(10)8(9-7(11)12)4-2-3-5-8/h2,4,9H,3,5H2,1H3,(H,11,12).